The largest absolute Gasteiger partial charge is 0.480 e. The van der Waals surface area contributed by atoms with Gasteiger partial charge in [0.25, 0.3) is 0 Å². The fraction of sp³-hybridized carbons (Fsp3) is 0.769. The van der Waals surface area contributed by atoms with Crippen molar-refractivity contribution in [1.82, 2.24) is 4.90 Å². The molecular formula is C13H23NO7. The Hall–Kier alpha value is -1.67. The fourth-order valence-electron chi connectivity index (χ4n) is 1.45. The van der Waals surface area contributed by atoms with Crippen LogP contribution in [0.15, 0.2) is 0 Å². The Morgan fingerprint density at radius 1 is 1.14 bits per heavy atom. The molecule has 0 aromatic carbocycles. The molecule has 122 valence electrons. The number of carboxylic acid groups (broad SMARTS) is 2. The van der Waals surface area contributed by atoms with Gasteiger partial charge in [0.15, 0.2) is 0 Å². The van der Waals surface area contributed by atoms with Crippen LogP contribution in [0.3, 0.4) is 0 Å². The summed E-state index contributed by atoms with van der Waals surface area (Å²) < 4.78 is 5.07. The highest BCUT2D eigenvalue weighted by molar-refractivity contribution is 5.76. The van der Waals surface area contributed by atoms with Crippen molar-refractivity contribution in [2.24, 2.45) is 5.41 Å². The number of ether oxygens (including phenoxy) is 1. The monoisotopic (exact) mass is 305 g/mol. The molecule has 8 heteroatoms. The van der Waals surface area contributed by atoms with Crippen LogP contribution >= 0.6 is 0 Å². The Kier molecular flexibility index (Phi) is 7.90. The Labute approximate surface area is 123 Å². The molecule has 0 amide bonds. The normalized spacial score (nSPS) is 13.0. The molecule has 3 N–H and O–H groups in total. The number of aliphatic hydroxyl groups excluding tert-OH is 1. The molecule has 0 saturated carbocycles. The lowest BCUT2D eigenvalue weighted by molar-refractivity contribution is -0.157. The molecule has 1 unspecified atom stereocenters. The molecular weight excluding hydrogens is 282 g/mol. The van der Waals surface area contributed by atoms with Gasteiger partial charge in [-0.25, -0.2) is 0 Å². The van der Waals surface area contributed by atoms with Gasteiger partial charge in [0, 0.05) is 0 Å². The van der Waals surface area contributed by atoms with Crippen LogP contribution in [-0.4, -0.2) is 70.5 Å². The number of carbonyl (C=O) groups is 3. The van der Waals surface area contributed by atoms with Gasteiger partial charge in [0.2, 0.25) is 0 Å². The second-order valence-corrected chi connectivity index (χ2v) is 5.36. The molecule has 0 radical (unpaired) electrons. The zero-order valence-corrected chi connectivity index (χ0v) is 12.5. The van der Waals surface area contributed by atoms with Crippen LogP contribution in [0.4, 0.5) is 0 Å². The first-order chi connectivity index (χ1) is 9.63. The van der Waals surface area contributed by atoms with Gasteiger partial charge in [-0.3, -0.25) is 19.3 Å². The Balaban J connectivity index is 4.74. The predicted molar refractivity (Wildman–Crippen MR) is 72.7 cm³/mol. The lowest BCUT2D eigenvalue weighted by Crippen LogP contribution is -2.47. The van der Waals surface area contributed by atoms with Crippen molar-refractivity contribution in [2.45, 2.75) is 33.2 Å². The summed E-state index contributed by atoms with van der Waals surface area (Å²) in [6, 6.07) is -0.881. The van der Waals surface area contributed by atoms with Crippen molar-refractivity contribution < 1.29 is 34.4 Å². The van der Waals surface area contributed by atoms with Crippen LogP contribution in [0.5, 0.6) is 0 Å². The van der Waals surface area contributed by atoms with Gasteiger partial charge in [0.1, 0.15) is 6.61 Å². The molecule has 0 saturated heterocycles. The Morgan fingerprint density at radius 3 is 1.95 bits per heavy atom. The van der Waals surface area contributed by atoms with Crippen molar-refractivity contribution >= 4 is 17.9 Å². The van der Waals surface area contributed by atoms with Crippen molar-refractivity contribution in [3.05, 3.63) is 0 Å². The van der Waals surface area contributed by atoms with Crippen LogP contribution in [0.1, 0.15) is 27.2 Å². The number of hydrogen-bond donors (Lipinski definition) is 3. The van der Waals surface area contributed by atoms with Gasteiger partial charge < -0.3 is 20.1 Å². The van der Waals surface area contributed by atoms with E-state index in [4.69, 9.17) is 14.9 Å². The van der Waals surface area contributed by atoms with Crippen LogP contribution in [-0.2, 0) is 19.1 Å². The summed E-state index contributed by atoms with van der Waals surface area (Å²) in [5, 5.41) is 26.8. The van der Waals surface area contributed by atoms with Gasteiger partial charge in [-0.1, -0.05) is 6.92 Å². The van der Waals surface area contributed by atoms with E-state index in [9.17, 15) is 19.5 Å². The van der Waals surface area contributed by atoms with Crippen LogP contribution in [0, 0.1) is 5.41 Å². The molecule has 1 atom stereocenters. The van der Waals surface area contributed by atoms with Crippen LogP contribution in [0.2, 0.25) is 0 Å². The van der Waals surface area contributed by atoms with Crippen LogP contribution < -0.4 is 0 Å². The molecule has 21 heavy (non-hydrogen) atoms. The average Bonchev–Trinajstić information content (AvgIpc) is 2.37. The third-order valence-electron chi connectivity index (χ3n) is 3.25. The summed E-state index contributed by atoms with van der Waals surface area (Å²) in [7, 11) is 0. The molecule has 0 aromatic heterocycles. The fourth-order valence-corrected chi connectivity index (χ4v) is 1.45. The molecule has 8 nitrogen and oxygen atoms in total. The standard InChI is InChI=1S/C13H23NO7/c1-4-13(2,3)12(20)21-8-9(7-15)14(5-10(16)17)6-11(18)19/h9,15H,4-8H2,1-3H3,(H,16,17)(H,18,19). The third kappa shape index (κ3) is 7.05. The predicted octanol–water partition coefficient (Wildman–Crippen LogP) is -0.202. The molecule has 0 aromatic rings. The molecule has 0 aliphatic heterocycles. The van der Waals surface area contributed by atoms with E-state index in [1.807, 2.05) is 6.92 Å². The van der Waals surface area contributed by atoms with E-state index < -0.39 is 49.1 Å². The summed E-state index contributed by atoms with van der Waals surface area (Å²) >= 11 is 0. The SMILES string of the molecule is CCC(C)(C)C(=O)OCC(CO)N(CC(=O)O)CC(=O)O. The molecule has 0 spiro atoms. The third-order valence-corrected chi connectivity index (χ3v) is 3.25. The first kappa shape index (κ1) is 19.3. The van der Waals surface area contributed by atoms with Crippen molar-refractivity contribution in [1.29, 1.82) is 0 Å². The summed E-state index contributed by atoms with van der Waals surface area (Å²) in [6.07, 6.45) is 0.559. The first-order valence-electron chi connectivity index (χ1n) is 6.59. The van der Waals surface area contributed by atoms with Crippen molar-refractivity contribution in [3.8, 4) is 0 Å². The quantitative estimate of drug-likeness (QED) is 0.474. The van der Waals surface area contributed by atoms with E-state index in [1.165, 1.54) is 0 Å². The highest BCUT2D eigenvalue weighted by Crippen LogP contribution is 2.21. The van der Waals surface area contributed by atoms with E-state index >= 15 is 0 Å². The number of nitrogens with zero attached hydrogens (tertiary/aromatic N) is 1. The van der Waals surface area contributed by atoms with E-state index in [2.05, 4.69) is 0 Å². The van der Waals surface area contributed by atoms with E-state index in [1.54, 1.807) is 13.8 Å². The average molecular weight is 305 g/mol. The lowest BCUT2D eigenvalue weighted by Gasteiger charge is -2.28. The maximum absolute atomic E-state index is 11.8. The first-order valence-corrected chi connectivity index (χ1v) is 6.59. The second-order valence-electron chi connectivity index (χ2n) is 5.36. The Bertz CT molecular complexity index is 365. The second kappa shape index (κ2) is 8.58. The van der Waals surface area contributed by atoms with Crippen molar-refractivity contribution in [3.63, 3.8) is 0 Å². The van der Waals surface area contributed by atoms with Gasteiger partial charge in [0.05, 0.1) is 31.2 Å². The molecule has 0 fully saturated rings. The maximum Gasteiger partial charge on any atom is 0.317 e. The maximum atomic E-state index is 11.8. The smallest absolute Gasteiger partial charge is 0.317 e. The minimum Gasteiger partial charge on any atom is -0.480 e. The summed E-state index contributed by atoms with van der Waals surface area (Å²) in [5.41, 5.74) is -0.690. The number of aliphatic hydroxyl groups is 1. The van der Waals surface area contributed by atoms with Gasteiger partial charge in [-0.2, -0.15) is 0 Å². The zero-order valence-electron chi connectivity index (χ0n) is 12.5. The topological polar surface area (TPSA) is 124 Å². The molecule has 0 heterocycles. The number of aliphatic carboxylic acids is 2. The van der Waals surface area contributed by atoms with Gasteiger partial charge in [-0.15, -0.1) is 0 Å². The minimum absolute atomic E-state index is 0.265. The number of rotatable bonds is 10. The zero-order chi connectivity index (χ0) is 16.6. The molecule has 0 rings (SSSR count). The molecule has 0 bridgehead atoms. The van der Waals surface area contributed by atoms with E-state index in [0.717, 1.165) is 4.90 Å². The summed E-state index contributed by atoms with van der Waals surface area (Å²) in [4.78, 5) is 34.3. The summed E-state index contributed by atoms with van der Waals surface area (Å²) in [5.74, 6) is -2.93. The van der Waals surface area contributed by atoms with Gasteiger partial charge in [-0.05, 0) is 20.3 Å². The van der Waals surface area contributed by atoms with Crippen LogP contribution in [0.25, 0.3) is 0 Å². The molecule has 0 aliphatic rings. The van der Waals surface area contributed by atoms with Gasteiger partial charge >= 0.3 is 17.9 Å². The lowest BCUT2D eigenvalue weighted by atomic mass is 9.91. The highest BCUT2D eigenvalue weighted by atomic mass is 16.5. The summed E-state index contributed by atoms with van der Waals surface area (Å²) in [6.45, 7) is 3.33. The highest BCUT2D eigenvalue weighted by Gasteiger charge is 2.29. The number of carbonyl (C=O) groups excluding carboxylic acids is 1. The van der Waals surface area contributed by atoms with E-state index in [-0.39, 0.29) is 6.61 Å². The molecule has 0 aliphatic carbocycles. The minimum atomic E-state index is -1.23. The number of carboxylic acids is 2. The Morgan fingerprint density at radius 2 is 1.62 bits per heavy atom. The number of esters is 1. The van der Waals surface area contributed by atoms with E-state index in [0.29, 0.717) is 6.42 Å². The number of hydrogen-bond acceptors (Lipinski definition) is 6. The van der Waals surface area contributed by atoms with Crippen molar-refractivity contribution in [2.75, 3.05) is 26.3 Å².